The van der Waals surface area contributed by atoms with E-state index < -0.39 is 20.2 Å². The Hall–Kier alpha value is -0.260. The van der Waals surface area contributed by atoms with Crippen molar-refractivity contribution >= 4 is 20.2 Å². The zero-order valence-corrected chi connectivity index (χ0v) is 24.6. The van der Waals surface area contributed by atoms with Crippen molar-refractivity contribution in [1.29, 1.82) is 0 Å². The highest BCUT2D eigenvalue weighted by Gasteiger charge is 2.30. The van der Waals surface area contributed by atoms with E-state index in [9.17, 15) is 25.9 Å². The summed E-state index contributed by atoms with van der Waals surface area (Å²) in [5.41, 5.74) is -0.0403. The molecular weight excluding hydrogens is 488 g/mol. The van der Waals surface area contributed by atoms with Crippen LogP contribution in [0.25, 0.3) is 0 Å². The average molecular weight is 539 g/mol. The van der Waals surface area contributed by atoms with E-state index in [4.69, 9.17) is 0 Å². The van der Waals surface area contributed by atoms with Gasteiger partial charge in [0.1, 0.15) is 0 Å². The van der Waals surface area contributed by atoms with Crippen LogP contribution in [0.4, 0.5) is 0 Å². The van der Waals surface area contributed by atoms with Crippen LogP contribution < -0.4 is 0 Å². The molecule has 0 unspecified atom stereocenters. The van der Waals surface area contributed by atoms with E-state index in [-0.39, 0.29) is 22.6 Å². The van der Waals surface area contributed by atoms with E-state index in [1.54, 1.807) is 0 Å². The highest BCUT2D eigenvalue weighted by Crippen LogP contribution is 2.29. The van der Waals surface area contributed by atoms with Gasteiger partial charge in [-0.3, -0.25) is 9.80 Å². The van der Waals surface area contributed by atoms with Crippen LogP contribution in [0.1, 0.15) is 112 Å². The van der Waals surface area contributed by atoms with Gasteiger partial charge in [-0.05, 0) is 80.2 Å². The third-order valence-electron chi connectivity index (χ3n) is 7.13. The Morgan fingerprint density at radius 1 is 0.600 bits per heavy atom. The quantitative estimate of drug-likeness (QED) is 0.398. The van der Waals surface area contributed by atoms with Gasteiger partial charge >= 0.3 is 0 Å². The smallest absolute Gasteiger partial charge is 0.0958 e. The number of hydrogen-bond donors (Lipinski definition) is 0. The molecule has 0 heterocycles. The van der Waals surface area contributed by atoms with Crippen molar-refractivity contribution in [3.8, 4) is 0 Å². The third-order valence-corrected chi connectivity index (χ3v) is 8.60. The van der Waals surface area contributed by atoms with Crippen LogP contribution >= 0.6 is 0 Å². The van der Waals surface area contributed by atoms with Gasteiger partial charge in [-0.2, -0.15) is 0 Å². The van der Waals surface area contributed by atoms with Crippen molar-refractivity contribution in [2.24, 2.45) is 0 Å². The minimum Gasteiger partial charge on any atom is -0.748 e. The highest BCUT2D eigenvalue weighted by atomic mass is 32.2. The highest BCUT2D eigenvalue weighted by molar-refractivity contribution is 7.85. The van der Waals surface area contributed by atoms with Crippen LogP contribution in [0.2, 0.25) is 0 Å². The molecule has 2 rings (SSSR count). The molecule has 35 heavy (non-hydrogen) atoms. The lowest BCUT2D eigenvalue weighted by Crippen LogP contribution is -2.50. The Bertz CT molecular complexity index is 804. The standard InChI is InChI=1S/C13H27NO3S.C12H25NO3S/c1-13(2,3)14(10-7-11-18(15,16)17)12-8-5-4-6-9-12;1-12(2,3)13(9-10-17(14,15)16)11-7-5-4-6-8-11/h12H,4-11H2,1-3H3,(H,15,16,17);11H,4-10H2,1-3H3,(H,14,15,16)/p-2. The van der Waals surface area contributed by atoms with Crippen LogP contribution in [0.3, 0.4) is 0 Å². The Morgan fingerprint density at radius 2 is 0.943 bits per heavy atom. The molecule has 0 spiro atoms. The van der Waals surface area contributed by atoms with Crippen LogP contribution in [-0.2, 0) is 20.2 Å². The normalized spacial score (nSPS) is 19.6. The van der Waals surface area contributed by atoms with Gasteiger partial charge in [-0.1, -0.05) is 38.5 Å². The van der Waals surface area contributed by atoms with E-state index in [2.05, 4.69) is 51.3 Å². The summed E-state index contributed by atoms with van der Waals surface area (Å²) in [6.07, 6.45) is 12.6. The fraction of sp³-hybridized carbons (Fsp3) is 1.00. The fourth-order valence-electron chi connectivity index (χ4n) is 5.54. The maximum Gasteiger partial charge on any atom is 0.0958 e. The molecule has 8 nitrogen and oxygen atoms in total. The monoisotopic (exact) mass is 538 g/mol. The van der Waals surface area contributed by atoms with Gasteiger partial charge in [0.2, 0.25) is 0 Å². The van der Waals surface area contributed by atoms with Crippen molar-refractivity contribution in [3.05, 3.63) is 0 Å². The van der Waals surface area contributed by atoms with E-state index in [1.807, 2.05) is 0 Å². The minimum atomic E-state index is -4.11. The van der Waals surface area contributed by atoms with E-state index in [1.165, 1.54) is 51.4 Å². The van der Waals surface area contributed by atoms with E-state index in [0.29, 0.717) is 31.6 Å². The summed E-state index contributed by atoms with van der Waals surface area (Å²) in [6, 6.07) is 0.985. The molecule has 2 aliphatic carbocycles. The third kappa shape index (κ3) is 14.3. The summed E-state index contributed by atoms with van der Waals surface area (Å²) in [5, 5.41) is 0. The molecule has 0 radical (unpaired) electrons. The summed E-state index contributed by atoms with van der Waals surface area (Å²) in [7, 11) is -8.18. The molecule has 0 bridgehead atoms. The molecule has 0 aromatic heterocycles. The molecule has 10 heteroatoms. The predicted octanol–water partition coefficient (Wildman–Crippen LogP) is 4.32. The summed E-state index contributed by atoms with van der Waals surface area (Å²) in [4.78, 5) is 4.58. The summed E-state index contributed by atoms with van der Waals surface area (Å²) >= 11 is 0. The SMILES string of the molecule is CC(C)(C)N(CCCS(=O)(=O)[O-])C1CCCCC1.CC(C)(C)N(CCS(=O)(=O)[O-])C1CCCCC1. The van der Waals surface area contributed by atoms with Gasteiger partial charge in [0.25, 0.3) is 0 Å². The molecule has 0 aromatic carbocycles. The molecule has 2 saturated carbocycles. The Kier molecular flexibility index (Phi) is 13.2. The van der Waals surface area contributed by atoms with Crippen LogP contribution in [0.5, 0.6) is 0 Å². The molecule has 2 fully saturated rings. The van der Waals surface area contributed by atoms with E-state index in [0.717, 1.165) is 12.8 Å². The lowest BCUT2D eigenvalue weighted by atomic mass is 9.90. The van der Waals surface area contributed by atoms with Crippen molar-refractivity contribution < 1.29 is 25.9 Å². The van der Waals surface area contributed by atoms with Crippen molar-refractivity contribution in [1.82, 2.24) is 9.80 Å². The lowest BCUT2D eigenvalue weighted by Gasteiger charge is -2.43. The number of hydrogen-bond acceptors (Lipinski definition) is 8. The van der Waals surface area contributed by atoms with Gasteiger partial charge in [0.05, 0.1) is 26.0 Å². The Balaban J connectivity index is 0.000000351. The molecule has 0 saturated heterocycles. The molecule has 0 aliphatic heterocycles. The first kappa shape index (κ1) is 32.8. The molecule has 2 aliphatic rings. The fourth-order valence-corrected chi connectivity index (χ4v) is 6.44. The van der Waals surface area contributed by atoms with Crippen LogP contribution in [0, 0.1) is 0 Å². The molecule has 0 amide bonds. The average Bonchev–Trinajstić information content (AvgIpc) is 2.70. The zero-order chi connectivity index (χ0) is 26.9. The first-order chi connectivity index (χ1) is 15.9. The zero-order valence-electron chi connectivity index (χ0n) is 22.9. The van der Waals surface area contributed by atoms with Crippen LogP contribution in [0.15, 0.2) is 0 Å². The van der Waals surface area contributed by atoms with Gasteiger partial charge in [0.15, 0.2) is 0 Å². The largest absolute Gasteiger partial charge is 0.748 e. The lowest BCUT2D eigenvalue weighted by molar-refractivity contribution is 0.0606. The van der Waals surface area contributed by atoms with Crippen molar-refractivity contribution in [3.63, 3.8) is 0 Å². The van der Waals surface area contributed by atoms with Gasteiger partial charge in [-0.15, -0.1) is 0 Å². The Labute approximate surface area is 215 Å². The molecule has 0 aromatic rings. The summed E-state index contributed by atoms with van der Waals surface area (Å²) < 4.78 is 64.3. The maximum absolute atomic E-state index is 10.8. The second-order valence-electron chi connectivity index (χ2n) is 12.2. The van der Waals surface area contributed by atoms with Crippen molar-refractivity contribution in [2.45, 2.75) is 135 Å². The van der Waals surface area contributed by atoms with Gasteiger partial charge in [-0.25, -0.2) is 16.8 Å². The van der Waals surface area contributed by atoms with Crippen LogP contribution in [-0.4, -0.2) is 83.5 Å². The molecule has 0 N–H and O–H groups in total. The van der Waals surface area contributed by atoms with Gasteiger partial charge in [0, 0.05) is 35.5 Å². The number of rotatable bonds is 9. The summed E-state index contributed by atoms with van der Waals surface area (Å²) in [5.74, 6) is -0.521. The van der Waals surface area contributed by atoms with E-state index >= 15 is 0 Å². The predicted molar refractivity (Wildman–Crippen MR) is 140 cm³/mol. The first-order valence-corrected chi connectivity index (χ1v) is 16.5. The van der Waals surface area contributed by atoms with Crippen molar-refractivity contribution in [2.75, 3.05) is 24.6 Å². The molecular formula is C25H50N2O6S2-2. The Morgan fingerprint density at radius 3 is 1.26 bits per heavy atom. The second kappa shape index (κ2) is 14.0. The summed E-state index contributed by atoms with van der Waals surface area (Å²) in [6.45, 7) is 13.8. The first-order valence-electron chi connectivity index (χ1n) is 13.3. The molecule has 210 valence electrons. The van der Waals surface area contributed by atoms with Gasteiger partial charge < -0.3 is 9.11 Å². The second-order valence-corrected chi connectivity index (χ2v) is 15.2. The topological polar surface area (TPSA) is 121 Å². The maximum atomic E-state index is 10.8. The minimum absolute atomic E-state index is 0.0364. The number of nitrogens with zero attached hydrogens (tertiary/aromatic N) is 2. The molecule has 0 atom stereocenters.